The lowest BCUT2D eigenvalue weighted by Gasteiger charge is -2.07. The van der Waals surface area contributed by atoms with E-state index < -0.39 is 0 Å². The minimum atomic E-state index is 0.345. The van der Waals surface area contributed by atoms with Gasteiger partial charge in [-0.05, 0) is 30.2 Å². The number of allylic oxidation sites excluding steroid dienone is 3. The summed E-state index contributed by atoms with van der Waals surface area (Å²) in [6.45, 7) is 1.88. The van der Waals surface area contributed by atoms with E-state index >= 15 is 0 Å². The molecule has 2 N–H and O–H groups in total. The van der Waals surface area contributed by atoms with Crippen LogP contribution in [-0.2, 0) is 0 Å². The molecule has 0 bridgehead atoms. The van der Waals surface area contributed by atoms with Gasteiger partial charge in [0.15, 0.2) is 0 Å². The van der Waals surface area contributed by atoms with Crippen molar-refractivity contribution in [2.75, 3.05) is 7.11 Å². The summed E-state index contributed by atoms with van der Waals surface area (Å²) >= 11 is 5.85. The monoisotopic (exact) mass is 262 g/mol. The number of benzene rings is 1. The van der Waals surface area contributed by atoms with E-state index in [1.165, 1.54) is 6.20 Å². The van der Waals surface area contributed by atoms with Crippen molar-refractivity contribution in [2.45, 2.75) is 13.3 Å². The molecule has 18 heavy (non-hydrogen) atoms. The third-order valence-corrected chi connectivity index (χ3v) is 2.88. The quantitative estimate of drug-likeness (QED) is 0.846. The molecular weight excluding hydrogens is 248 g/mol. The first kappa shape index (κ1) is 14.1. The maximum atomic E-state index is 9.16. The minimum Gasteiger partial charge on any atom is -0.497 e. The molecule has 0 aliphatic carbocycles. The highest BCUT2D eigenvalue weighted by Crippen LogP contribution is 2.26. The van der Waals surface area contributed by atoms with Gasteiger partial charge in [0.2, 0.25) is 0 Å². The summed E-state index contributed by atoms with van der Waals surface area (Å²) in [5.74, 6) is 0.754. The second-order valence-electron chi connectivity index (χ2n) is 3.74. The van der Waals surface area contributed by atoms with Crippen molar-refractivity contribution < 1.29 is 4.74 Å². The molecule has 0 fully saturated rings. The van der Waals surface area contributed by atoms with Gasteiger partial charge < -0.3 is 10.5 Å². The fraction of sp³-hybridized carbons (Fsp3) is 0.214. The van der Waals surface area contributed by atoms with E-state index in [9.17, 15) is 0 Å². The predicted molar refractivity (Wildman–Crippen MR) is 73.9 cm³/mol. The second kappa shape index (κ2) is 6.73. The molecule has 1 aromatic carbocycles. The van der Waals surface area contributed by atoms with Crippen LogP contribution in [0.25, 0.3) is 5.57 Å². The van der Waals surface area contributed by atoms with Crippen molar-refractivity contribution in [1.29, 1.82) is 5.26 Å². The number of nitriles is 1. The largest absolute Gasteiger partial charge is 0.497 e. The fourth-order valence-electron chi connectivity index (χ4n) is 1.51. The summed E-state index contributed by atoms with van der Waals surface area (Å²) < 4.78 is 5.16. The Morgan fingerprint density at radius 3 is 2.83 bits per heavy atom. The van der Waals surface area contributed by atoms with Gasteiger partial charge >= 0.3 is 0 Å². The van der Waals surface area contributed by atoms with Gasteiger partial charge in [0.1, 0.15) is 5.75 Å². The predicted octanol–water partition coefficient (Wildman–Crippen LogP) is 3.42. The summed E-state index contributed by atoms with van der Waals surface area (Å²) in [5, 5.41) is 9.62. The molecule has 0 amide bonds. The van der Waals surface area contributed by atoms with E-state index in [1.807, 2.05) is 31.2 Å². The molecule has 0 aliphatic heterocycles. The molecular formula is C14H15ClN2O. The van der Waals surface area contributed by atoms with Crippen LogP contribution in [0, 0.1) is 11.3 Å². The SMILES string of the molecule is COc1cccc(/C(C)=C(\C#N)C/C(Cl)=C\N)c1. The number of hydrogen-bond donors (Lipinski definition) is 1. The Bertz CT molecular complexity index is 527. The lowest BCUT2D eigenvalue weighted by molar-refractivity contribution is 0.414. The van der Waals surface area contributed by atoms with Crippen LogP contribution in [0.15, 0.2) is 41.1 Å². The average molecular weight is 263 g/mol. The van der Waals surface area contributed by atoms with Crippen LogP contribution in [0.3, 0.4) is 0 Å². The Morgan fingerprint density at radius 2 is 2.28 bits per heavy atom. The molecule has 0 unspecified atom stereocenters. The van der Waals surface area contributed by atoms with Crippen LogP contribution < -0.4 is 10.5 Å². The first-order valence-corrected chi connectivity index (χ1v) is 5.80. The molecule has 94 valence electrons. The zero-order valence-electron chi connectivity index (χ0n) is 10.4. The van der Waals surface area contributed by atoms with E-state index in [1.54, 1.807) is 7.11 Å². The first-order valence-electron chi connectivity index (χ1n) is 5.43. The number of halogens is 1. The Hall–Kier alpha value is -1.92. The number of methoxy groups -OCH3 is 1. The van der Waals surface area contributed by atoms with Crippen molar-refractivity contribution >= 4 is 17.2 Å². The number of hydrogen-bond acceptors (Lipinski definition) is 3. The molecule has 0 radical (unpaired) electrons. The van der Waals surface area contributed by atoms with Crippen LogP contribution in [0.5, 0.6) is 5.75 Å². The van der Waals surface area contributed by atoms with Crippen LogP contribution in [0.4, 0.5) is 0 Å². The number of nitrogens with zero attached hydrogens (tertiary/aromatic N) is 1. The first-order chi connectivity index (χ1) is 8.62. The summed E-state index contributed by atoms with van der Waals surface area (Å²) in [5.41, 5.74) is 7.72. The third-order valence-electron chi connectivity index (χ3n) is 2.62. The minimum absolute atomic E-state index is 0.345. The van der Waals surface area contributed by atoms with Crippen molar-refractivity contribution in [2.24, 2.45) is 5.73 Å². The zero-order valence-corrected chi connectivity index (χ0v) is 11.2. The highest BCUT2D eigenvalue weighted by Gasteiger charge is 2.07. The maximum absolute atomic E-state index is 9.16. The summed E-state index contributed by atoms with van der Waals surface area (Å²) in [6, 6.07) is 9.71. The molecule has 0 aliphatic rings. The molecule has 0 heterocycles. The Kier molecular flexibility index (Phi) is 5.29. The second-order valence-corrected chi connectivity index (χ2v) is 4.22. The lowest BCUT2D eigenvalue weighted by Crippen LogP contribution is -1.91. The van der Waals surface area contributed by atoms with E-state index in [2.05, 4.69) is 6.07 Å². The molecule has 4 heteroatoms. The maximum Gasteiger partial charge on any atom is 0.119 e. The number of ether oxygens (including phenoxy) is 1. The van der Waals surface area contributed by atoms with E-state index in [4.69, 9.17) is 27.3 Å². The Labute approximate surface area is 112 Å². The van der Waals surface area contributed by atoms with Gasteiger partial charge in [-0.1, -0.05) is 23.7 Å². The summed E-state index contributed by atoms with van der Waals surface area (Å²) in [4.78, 5) is 0. The van der Waals surface area contributed by atoms with Gasteiger partial charge in [0.25, 0.3) is 0 Å². The van der Waals surface area contributed by atoms with Crippen molar-refractivity contribution in [3.8, 4) is 11.8 Å². The van der Waals surface area contributed by atoms with E-state index in [-0.39, 0.29) is 0 Å². The van der Waals surface area contributed by atoms with Crippen LogP contribution in [0.1, 0.15) is 18.9 Å². The van der Waals surface area contributed by atoms with Gasteiger partial charge in [0, 0.05) is 23.2 Å². The molecule has 0 aromatic heterocycles. The molecule has 1 aromatic rings. The van der Waals surface area contributed by atoms with Gasteiger partial charge in [-0.2, -0.15) is 5.26 Å². The molecule has 1 rings (SSSR count). The average Bonchev–Trinajstić information content (AvgIpc) is 2.43. The number of rotatable bonds is 4. The molecule has 0 spiro atoms. The van der Waals surface area contributed by atoms with Crippen molar-refractivity contribution in [3.05, 3.63) is 46.6 Å². The normalized spacial score (nSPS) is 12.7. The molecule has 0 saturated heterocycles. The van der Waals surface area contributed by atoms with Crippen LogP contribution >= 0.6 is 11.6 Å². The molecule has 0 atom stereocenters. The van der Waals surface area contributed by atoms with Crippen molar-refractivity contribution in [1.82, 2.24) is 0 Å². The smallest absolute Gasteiger partial charge is 0.119 e. The molecule has 0 saturated carbocycles. The number of nitrogens with two attached hydrogens (primary N) is 1. The Morgan fingerprint density at radius 1 is 1.56 bits per heavy atom. The van der Waals surface area contributed by atoms with Gasteiger partial charge in [-0.25, -0.2) is 0 Å². The topological polar surface area (TPSA) is 59.0 Å². The van der Waals surface area contributed by atoms with E-state index in [0.717, 1.165) is 16.9 Å². The van der Waals surface area contributed by atoms with Crippen LogP contribution in [-0.4, -0.2) is 7.11 Å². The van der Waals surface area contributed by atoms with E-state index in [0.29, 0.717) is 17.0 Å². The van der Waals surface area contributed by atoms with Gasteiger partial charge in [0.05, 0.1) is 13.2 Å². The summed E-state index contributed by atoms with van der Waals surface area (Å²) in [7, 11) is 1.61. The highest BCUT2D eigenvalue weighted by atomic mass is 35.5. The lowest BCUT2D eigenvalue weighted by atomic mass is 10.00. The highest BCUT2D eigenvalue weighted by molar-refractivity contribution is 6.29. The molecule has 3 nitrogen and oxygen atoms in total. The third kappa shape index (κ3) is 3.54. The van der Waals surface area contributed by atoms with Crippen LogP contribution in [0.2, 0.25) is 0 Å². The van der Waals surface area contributed by atoms with Crippen molar-refractivity contribution in [3.63, 3.8) is 0 Å². The fourth-order valence-corrected chi connectivity index (χ4v) is 1.65. The Balaban J connectivity index is 3.15. The van der Waals surface area contributed by atoms with Gasteiger partial charge in [-0.15, -0.1) is 0 Å². The summed E-state index contributed by atoms with van der Waals surface area (Å²) in [6.07, 6.45) is 1.65. The standard InChI is InChI=1S/C14H15ClN2O/c1-10(12(8-16)6-13(15)9-17)11-4-3-5-14(7-11)18-2/h3-5,7,9H,6,17H2,1-2H3/b12-10-,13-9+. The van der Waals surface area contributed by atoms with Gasteiger partial charge in [-0.3, -0.25) is 0 Å². The zero-order chi connectivity index (χ0) is 13.5.